The molecule has 15 heavy (non-hydrogen) atoms. The number of carbonyl (C=O) groups is 1. The predicted octanol–water partition coefficient (Wildman–Crippen LogP) is 2.07. The fourth-order valence-corrected chi connectivity index (χ4v) is 1.86. The molecule has 0 bridgehead atoms. The van der Waals surface area contributed by atoms with Crippen molar-refractivity contribution in [3.63, 3.8) is 0 Å². The van der Waals surface area contributed by atoms with E-state index in [1.807, 2.05) is 26.8 Å². The van der Waals surface area contributed by atoms with Gasteiger partial charge in [-0.1, -0.05) is 25.5 Å². The maximum absolute atomic E-state index is 11.2. The number of hydrogen-bond acceptors (Lipinski definition) is 3. The van der Waals surface area contributed by atoms with Crippen LogP contribution in [0.25, 0.3) is 0 Å². The van der Waals surface area contributed by atoms with Crippen molar-refractivity contribution in [1.82, 2.24) is 0 Å². The van der Waals surface area contributed by atoms with E-state index < -0.39 is 12.1 Å². The molecule has 80 valence electrons. The van der Waals surface area contributed by atoms with Gasteiger partial charge < -0.3 is 9.84 Å². The molecule has 0 aromatic heterocycles. The molecule has 0 aliphatic carbocycles. The van der Waals surface area contributed by atoms with E-state index in [1.165, 1.54) is 0 Å². The molecule has 0 saturated carbocycles. The van der Waals surface area contributed by atoms with Crippen LogP contribution in [0.4, 0.5) is 0 Å². The monoisotopic (exact) mass is 206 g/mol. The molecule has 0 fully saturated rings. The Labute approximate surface area is 88.7 Å². The standard InChI is InChI=1S/C12H14O3/c1-6(2)8-4-7(3)5-9-10(13)12(14)15-11(8)9/h4-6,10,13H,1-3H3. The van der Waals surface area contributed by atoms with Crippen LogP contribution in [-0.4, -0.2) is 11.1 Å². The number of esters is 1. The molecule has 2 rings (SSSR count). The first-order valence-corrected chi connectivity index (χ1v) is 5.05. The summed E-state index contributed by atoms with van der Waals surface area (Å²) < 4.78 is 5.08. The van der Waals surface area contributed by atoms with Gasteiger partial charge in [0.25, 0.3) is 0 Å². The minimum Gasteiger partial charge on any atom is -0.424 e. The second kappa shape index (κ2) is 3.35. The summed E-state index contributed by atoms with van der Waals surface area (Å²) in [6, 6.07) is 3.80. The molecule has 0 spiro atoms. The van der Waals surface area contributed by atoms with Crippen LogP contribution in [0, 0.1) is 6.92 Å². The Morgan fingerprint density at radius 3 is 2.67 bits per heavy atom. The fourth-order valence-electron chi connectivity index (χ4n) is 1.86. The van der Waals surface area contributed by atoms with Gasteiger partial charge in [0.15, 0.2) is 6.10 Å². The lowest BCUT2D eigenvalue weighted by atomic mass is 9.96. The van der Waals surface area contributed by atoms with Gasteiger partial charge >= 0.3 is 5.97 Å². The van der Waals surface area contributed by atoms with Gasteiger partial charge in [0, 0.05) is 5.56 Å². The summed E-state index contributed by atoms with van der Waals surface area (Å²) >= 11 is 0. The second-order valence-corrected chi connectivity index (χ2v) is 4.25. The summed E-state index contributed by atoms with van der Waals surface area (Å²) in [5, 5.41) is 9.61. The molecule has 0 saturated heterocycles. The van der Waals surface area contributed by atoms with E-state index in [4.69, 9.17) is 4.74 Å². The summed E-state index contributed by atoms with van der Waals surface area (Å²) in [7, 11) is 0. The van der Waals surface area contributed by atoms with Crippen molar-refractivity contribution in [2.45, 2.75) is 32.8 Å². The van der Waals surface area contributed by atoms with Crippen LogP contribution in [-0.2, 0) is 4.79 Å². The van der Waals surface area contributed by atoms with Crippen molar-refractivity contribution in [2.75, 3.05) is 0 Å². The SMILES string of the molecule is Cc1cc(C(C)C)c2c(c1)C(O)C(=O)O2. The van der Waals surface area contributed by atoms with Gasteiger partial charge in [0.1, 0.15) is 5.75 Å². The number of carbonyl (C=O) groups excluding carboxylic acids is 1. The minimum atomic E-state index is -1.11. The van der Waals surface area contributed by atoms with Crippen molar-refractivity contribution in [2.24, 2.45) is 0 Å². The van der Waals surface area contributed by atoms with E-state index in [2.05, 4.69) is 0 Å². The second-order valence-electron chi connectivity index (χ2n) is 4.25. The Hall–Kier alpha value is -1.35. The van der Waals surface area contributed by atoms with Gasteiger partial charge in [-0.05, 0) is 24.5 Å². The zero-order chi connectivity index (χ0) is 11.2. The molecule has 1 aromatic carbocycles. The summed E-state index contributed by atoms with van der Waals surface area (Å²) in [6.45, 7) is 6.02. The largest absolute Gasteiger partial charge is 0.424 e. The number of rotatable bonds is 1. The molecular weight excluding hydrogens is 192 g/mol. The molecule has 1 atom stereocenters. The van der Waals surface area contributed by atoms with Gasteiger partial charge in [-0.25, -0.2) is 4.79 Å². The molecule has 1 aliphatic heterocycles. The molecule has 0 radical (unpaired) electrons. The average Bonchev–Trinajstić information content (AvgIpc) is 2.43. The van der Waals surface area contributed by atoms with Gasteiger partial charge in [0.2, 0.25) is 0 Å². The molecule has 1 N–H and O–H groups in total. The maximum Gasteiger partial charge on any atom is 0.345 e. The number of fused-ring (bicyclic) bond motifs is 1. The third kappa shape index (κ3) is 1.53. The fraction of sp³-hybridized carbons (Fsp3) is 0.417. The van der Waals surface area contributed by atoms with Crippen LogP contribution in [0.5, 0.6) is 5.75 Å². The molecule has 1 aliphatic rings. The number of aryl methyl sites for hydroxylation is 1. The van der Waals surface area contributed by atoms with Crippen LogP contribution in [0.2, 0.25) is 0 Å². The number of benzene rings is 1. The topological polar surface area (TPSA) is 46.5 Å². The zero-order valence-electron chi connectivity index (χ0n) is 9.07. The van der Waals surface area contributed by atoms with E-state index in [1.54, 1.807) is 6.07 Å². The van der Waals surface area contributed by atoms with Crippen molar-refractivity contribution in [3.05, 3.63) is 28.8 Å². The van der Waals surface area contributed by atoms with Gasteiger partial charge in [0.05, 0.1) is 0 Å². The van der Waals surface area contributed by atoms with E-state index in [0.717, 1.165) is 11.1 Å². The van der Waals surface area contributed by atoms with Crippen LogP contribution < -0.4 is 4.74 Å². The third-order valence-corrected chi connectivity index (χ3v) is 2.63. The van der Waals surface area contributed by atoms with E-state index in [0.29, 0.717) is 11.3 Å². The highest BCUT2D eigenvalue weighted by Gasteiger charge is 2.33. The van der Waals surface area contributed by atoms with Crippen molar-refractivity contribution in [3.8, 4) is 5.75 Å². The van der Waals surface area contributed by atoms with E-state index in [-0.39, 0.29) is 5.92 Å². The van der Waals surface area contributed by atoms with Crippen molar-refractivity contribution in [1.29, 1.82) is 0 Å². The average molecular weight is 206 g/mol. The van der Waals surface area contributed by atoms with Crippen LogP contribution in [0.3, 0.4) is 0 Å². The Morgan fingerprint density at radius 2 is 2.07 bits per heavy atom. The Morgan fingerprint density at radius 1 is 1.40 bits per heavy atom. The zero-order valence-corrected chi connectivity index (χ0v) is 9.07. The molecule has 3 nitrogen and oxygen atoms in total. The first-order valence-electron chi connectivity index (χ1n) is 5.05. The number of hydrogen-bond donors (Lipinski definition) is 1. The lowest BCUT2D eigenvalue weighted by molar-refractivity contribution is -0.140. The highest BCUT2D eigenvalue weighted by molar-refractivity contribution is 5.85. The molecule has 3 heteroatoms. The maximum atomic E-state index is 11.2. The number of ether oxygens (including phenoxy) is 1. The van der Waals surface area contributed by atoms with Crippen molar-refractivity contribution >= 4 is 5.97 Å². The summed E-state index contributed by atoms with van der Waals surface area (Å²) in [4.78, 5) is 11.2. The Bertz CT molecular complexity index is 421. The van der Waals surface area contributed by atoms with Crippen molar-refractivity contribution < 1.29 is 14.6 Å². The summed E-state index contributed by atoms with van der Waals surface area (Å²) in [6.07, 6.45) is -1.11. The van der Waals surface area contributed by atoms with Gasteiger partial charge in [-0.3, -0.25) is 0 Å². The Balaban J connectivity index is 2.62. The van der Waals surface area contributed by atoms with Gasteiger partial charge in [-0.2, -0.15) is 0 Å². The van der Waals surface area contributed by atoms with Gasteiger partial charge in [-0.15, -0.1) is 0 Å². The normalized spacial score (nSPS) is 19.3. The lowest BCUT2D eigenvalue weighted by Gasteiger charge is -2.11. The predicted molar refractivity (Wildman–Crippen MR) is 55.9 cm³/mol. The van der Waals surface area contributed by atoms with Crippen LogP contribution in [0.1, 0.15) is 42.6 Å². The third-order valence-electron chi connectivity index (χ3n) is 2.63. The lowest BCUT2D eigenvalue weighted by Crippen LogP contribution is -2.08. The van der Waals surface area contributed by atoms with E-state index >= 15 is 0 Å². The molecule has 0 amide bonds. The smallest absolute Gasteiger partial charge is 0.345 e. The highest BCUT2D eigenvalue weighted by Crippen LogP contribution is 2.40. The van der Waals surface area contributed by atoms with Crippen LogP contribution in [0.15, 0.2) is 12.1 Å². The highest BCUT2D eigenvalue weighted by atomic mass is 16.6. The minimum absolute atomic E-state index is 0.275. The molecule has 1 heterocycles. The summed E-state index contributed by atoms with van der Waals surface area (Å²) in [5.74, 6) is 0.252. The number of aliphatic hydroxyl groups is 1. The first-order chi connectivity index (χ1) is 7.00. The van der Waals surface area contributed by atoms with E-state index in [9.17, 15) is 9.90 Å². The quantitative estimate of drug-likeness (QED) is 0.565. The number of aliphatic hydroxyl groups excluding tert-OH is 1. The summed E-state index contributed by atoms with van der Waals surface area (Å²) in [5.41, 5.74) is 2.62. The first kappa shape index (κ1) is 10.2. The molecular formula is C12H14O3. The van der Waals surface area contributed by atoms with Crippen LogP contribution >= 0.6 is 0 Å². The Kier molecular flexibility index (Phi) is 2.27. The molecule has 1 aromatic rings. The molecule has 1 unspecified atom stereocenters.